The minimum absolute atomic E-state index is 0. The summed E-state index contributed by atoms with van der Waals surface area (Å²) in [4.78, 5) is 6.82. The first kappa shape index (κ1) is 23.7. The third-order valence-electron chi connectivity index (χ3n) is 5.48. The molecular formula is C18H32IN5O2S2. The van der Waals surface area contributed by atoms with Crippen molar-refractivity contribution in [2.24, 2.45) is 10.9 Å². The van der Waals surface area contributed by atoms with Gasteiger partial charge in [0.1, 0.15) is 0 Å². The van der Waals surface area contributed by atoms with Crippen LogP contribution in [-0.4, -0.2) is 70.8 Å². The standard InChI is InChI=1S/C18H31N5O2S2.HI/c1-19-18(20-14-15-5-11-23(12-6-15)27(2,24)25)21-16-7-9-22(10-8-16)17-4-3-13-26-17;/h3-4,13,15-16H,5-12,14H2,1-2H3,(H2,19,20,21);1H. The number of nitrogens with one attached hydrogen (secondary N) is 2. The van der Waals surface area contributed by atoms with Gasteiger partial charge in [0.25, 0.3) is 0 Å². The van der Waals surface area contributed by atoms with Crippen LogP contribution >= 0.6 is 35.3 Å². The van der Waals surface area contributed by atoms with Crippen LogP contribution in [0.25, 0.3) is 0 Å². The molecule has 1 aromatic rings. The van der Waals surface area contributed by atoms with Crippen molar-refractivity contribution in [2.45, 2.75) is 31.7 Å². The predicted molar refractivity (Wildman–Crippen MR) is 129 cm³/mol. The number of sulfonamides is 1. The SMILES string of the molecule is CN=C(NCC1CCN(S(C)(=O)=O)CC1)NC1CCN(c2cccs2)CC1.I. The fourth-order valence-electron chi connectivity index (χ4n) is 3.77. The molecule has 0 aliphatic carbocycles. The summed E-state index contributed by atoms with van der Waals surface area (Å²) in [6.45, 7) is 4.22. The predicted octanol–water partition coefficient (Wildman–Crippen LogP) is 2.17. The van der Waals surface area contributed by atoms with Crippen molar-refractivity contribution in [3.05, 3.63) is 17.5 Å². The first-order valence-corrected chi connectivity index (χ1v) is 12.4. The topological polar surface area (TPSA) is 77.0 Å². The smallest absolute Gasteiger partial charge is 0.211 e. The van der Waals surface area contributed by atoms with E-state index in [0.717, 1.165) is 51.3 Å². The Labute approximate surface area is 190 Å². The molecule has 2 saturated heterocycles. The zero-order valence-electron chi connectivity index (χ0n) is 16.6. The highest BCUT2D eigenvalue weighted by atomic mass is 127. The van der Waals surface area contributed by atoms with Crippen LogP contribution in [0.3, 0.4) is 0 Å². The van der Waals surface area contributed by atoms with Gasteiger partial charge in [0.05, 0.1) is 11.3 Å². The molecule has 0 spiro atoms. The Kier molecular flexibility index (Phi) is 9.29. The molecule has 3 heterocycles. The van der Waals surface area contributed by atoms with E-state index >= 15 is 0 Å². The summed E-state index contributed by atoms with van der Waals surface area (Å²) in [7, 11) is -1.24. The maximum atomic E-state index is 11.6. The second kappa shape index (κ2) is 11.0. The number of hydrogen-bond acceptors (Lipinski definition) is 5. The number of thiophene rings is 1. The van der Waals surface area contributed by atoms with Gasteiger partial charge in [-0.3, -0.25) is 4.99 Å². The molecule has 160 valence electrons. The van der Waals surface area contributed by atoms with Crippen molar-refractivity contribution in [3.8, 4) is 0 Å². The lowest BCUT2D eigenvalue weighted by Gasteiger charge is -2.34. The van der Waals surface area contributed by atoms with Gasteiger partial charge in [0.15, 0.2) is 5.96 Å². The van der Waals surface area contributed by atoms with Crippen molar-refractivity contribution in [2.75, 3.05) is 50.9 Å². The highest BCUT2D eigenvalue weighted by Crippen LogP contribution is 2.24. The quantitative estimate of drug-likeness (QED) is 0.340. The molecule has 0 atom stereocenters. The number of aliphatic imine (C=N–C) groups is 1. The molecule has 0 aromatic carbocycles. The van der Waals surface area contributed by atoms with E-state index in [0.29, 0.717) is 25.0 Å². The Balaban J connectivity index is 0.00000280. The van der Waals surface area contributed by atoms with Crippen molar-refractivity contribution >= 4 is 56.3 Å². The zero-order chi connectivity index (χ0) is 19.3. The summed E-state index contributed by atoms with van der Waals surface area (Å²) in [5, 5.41) is 10.5. The summed E-state index contributed by atoms with van der Waals surface area (Å²) in [5.74, 6) is 1.34. The van der Waals surface area contributed by atoms with Gasteiger partial charge in [-0.25, -0.2) is 12.7 Å². The van der Waals surface area contributed by atoms with Crippen LogP contribution in [0.15, 0.2) is 22.5 Å². The summed E-state index contributed by atoms with van der Waals surface area (Å²) < 4.78 is 24.8. The zero-order valence-corrected chi connectivity index (χ0v) is 20.6. The second-order valence-corrected chi connectivity index (χ2v) is 10.3. The van der Waals surface area contributed by atoms with Gasteiger partial charge < -0.3 is 15.5 Å². The first-order valence-electron chi connectivity index (χ1n) is 9.66. The van der Waals surface area contributed by atoms with E-state index in [1.807, 2.05) is 7.05 Å². The normalized spacial score (nSPS) is 20.6. The molecule has 0 bridgehead atoms. The van der Waals surface area contributed by atoms with Gasteiger partial charge in [-0.15, -0.1) is 35.3 Å². The van der Waals surface area contributed by atoms with E-state index in [9.17, 15) is 8.42 Å². The van der Waals surface area contributed by atoms with Crippen molar-refractivity contribution in [3.63, 3.8) is 0 Å². The minimum Gasteiger partial charge on any atom is -0.363 e. The van der Waals surface area contributed by atoms with E-state index in [-0.39, 0.29) is 24.0 Å². The Bertz CT molecular complexity index is 710. The molecule has 10 heteroatoms. The number of halogens is 1. The molecule has 0 unspecified atom stereocenters. The average Bonchev–Trinajstić information content (AvgIpc) is 3.20. The van der Waals surface area contributed by atoms with Gasteiger partial charge in [0, 0.05) is 45.8 Å². The van der Waals surface area contributed by atoms with Crippen LogP contribution in [0.1, 0.15) is 25.7 Å². The molecule has 0 radical (unpaired) electrons. The third kappa shape index (κ3) is 6.74. The van der Waals surface area contributed by atoms with Crippen molar-refractivity contribution < 1.29 is 8.42 Å². The average molecular weight is 542 g/mol. The number of hydrogen-bond donors (Lipinski definition) is 2. The lowest BCUT2D eigenvalue weighted by molar-refractivity contribution is 0.274. The summed E-state index contributed by atoms with van der Waals surface area (Å²) in [5.41, 5.74) is 0. The van der Waals surface area contributed by atoms with E-state index in [1.165, 1.54) is 11.3 Å². The summed E-state index contributed by atoms with van der Waals surface area (Å²) in [6.07, 6.45) is 5.30. The number of nitrogens with zero attached hydrogens (tertiary/aromatic N) is 3. The lowest BCUT2D eigenvalue weighted by atomic mass is 9.98. The Morgan fingerprint density at radius 3 is 2.43 bits per heavy atom. The Hall–Kier alpha value is -0.590. The number of rotatable bonds is 5. The molecule has 2 N–H and O–H groups in total. The fraction of sp³-hybridized carbons (Fsp3) is 0.722. The summed E-state index contributed by atoms with van der Waals surface area (Å²) in [6, 6.07) is 4.74. The number of piperidine rings is 2. The van der Waals surface area contributed by atoms with Crippen LogP contribution in [0.2, 0.25) is 0 Å². The highest BCUT2D eigenvalue weighted by molar-refractivity contribution is 14.0. The molecular weight excluding hydrogens is 509 g/mol. The van der Waals surface area contributed by atoms with Gasteiger partial charge in [0.2, 0.25) is 10.0 Å². The molecule has 28 heavy (non-hydrogen) atoms. The molecule has 2 aliphatic rings. The van der Waals surface area contributed by atoms with Crippen LogP contribution in [-0.2, 0) is 10.0 Å². The Morgan fingerprint density at radius 1 is 1.21 bits per heavy atom. The van der Waals surface area contributed by atoms with Gasteiger partial charge in [-0.2, -0.15) is 0 Å². The van der Waals surface area contributed by atoms with Gasteiger partial charge in [-0.1, -0.05) is 0 Å². The highest BCUT2D eigenvalue weighted by Gasteiger charge is 2.25. The van der Waals surface area contributed by atoms with Crippen LogP contribution < -0.4 is 15.5 Å². The molecule has 0 saturated carbocycles. The van der Waals surface area contributed by atoms with Crippen molar-refractivity contribution in [1.29, 1.82) is 0 Å². The van der Waals surface area contributed by atoms with E-state index in [1.54, 1.807) is 15.6 Å². The monoisotopic (exact) mass is 541 g/mol. The van der Waals surface area contributed by atoms with Crippen LogP contribution in [0.5, 0.6) is 0 Å². The second-order valence-electron chi connectivity index (χ2n) is 7.42. The molecule has 7 nitrogen and oxygen atoms in total. The molecule has 3 rings (SSSR count). The number of guanidine groups is 1. The van der Waals surface area contributed by atoms with E-state index < -0.39 is 10.0 Å². The minimum atomic E-state index is -3.05. The number of anilines is 1. The van der Waals surface area contributed by atoms with Crippen molar-refractivity contribution in [1.82, 2.24) is 14.9 Å². The Morgan fingerprint density at radius 2 is 1.89 bits per heavy atom. The molecule has 2 aliphatic heterocycles. The maximum Gasteiger partial charge on any atom is 0.211 e. The first-order chi connectivity index (χ1) is 13.0. The summed E-state index contributed by atoms with van der Waals surface area (Å²) >= 11 is 1.80. The lowest BCUT2D eigenvalue weighted by Crippen LogP contribution is -2.50. The molecule has 1 aromatic heterocycles. The molecule has 2 fully saturated rings. The largest absolute Gasteiger partial charge is 0.363 e. The fourth-order valence-corrected chi connectivity index (χ4v) is 5.43. The third-order valence-corrected chi connectivity index (χ3v) is 7.71. The van der Waals surface area contributed by atoms with Gasteiger partial charge in [-0.05, 0) is 49.1 Å². The molecule has 0 amide bonds. The van der Waals surface area contributed by atoms with Crippen LogP contribution in [0, 0.1) is 5.92 Å². The van der Waals surface area contributed by atoms with Gasteiger partial charge >= 0.3 is 0 Å². The van der Waals surface area contributed by atoms with Crippen LogP contribution in [0.4, 0.5) is 5.00 Å². The van der Waals surface area contributed by atoms with E-state index in [2.05, 4.69) is 38.0 Å². The van der Waals surface area contributed by atoms with E-state index in [4.69, 9.17) is 0 Å². The maximum absolute atomic E-state index is 11.6.